The SMILES string of the molecule is CCCn1c(NC(=O)c2cccc(C)c2)nc2ccc(CN3CCCCC3)cc21.NC=O. The second kappa shape index (κ2) is 11.4. The predicted octanol–water partition coefficient (Wildman–Crippen LogP) is 4.09. The van der Waals surface area contributed by atoms with Crippen molar-refractivity contribution in [3.8, 4) is 0 Å². The number of carbonyl (C=O) groups is 2. The van der Waals surface area contributed by atoms with Crippen LogP contribution in [-0.4, -0.2) is 39.9 Å². The van der Waals surface area contributed by atoms with E-state index in [2.05, 4.69) is 45.6 Å². The van der Waals surface area contributed by atoms with Crippen molar-refractivity contribution in [3.05, 3.63) is 59.2 Å². The summed E-state index contributed by atoms with van der Waals surface area (Å²) in [6.07, 6.45) is 5.17. The Balaban J connectivity index is 0.000000913. The standard InChI is InChI=1S/C24H30N4O.CH3NO/c1-3-12-28-22-16-19(17-27-13-5-4-6-14-27)10-11-21(22)25-24(28)26-23(29)20-9-7-8-18(2)15-20;2-1-3/h7-11,15-16H,3-6,12-14,17H2,1-2H3,(H,25,26,29);1H,(H2,2,3). The van der Waals surface area contributed by atoms with Crippen molar-refractivity contribution in [2.75, 3.05) is 18.4 Å². The lowest BCUT2D eigenvalue weighted by atomic mass is 10.1. The van der Waals surface area contributed by atoms with E-state index in [0.717, 1.165) is 36.1 Å². The van der Waals surface area contributed by atoms with Crippen LogP contribution in [0.5, 0.6) is 0 Å². The number of anilines is 1. The third-order valence-corrected chi connectivity index (χ3v) is 5.62. The molecule has 2 amide bonds. The lowest BCUT2D eigenvalue weighted by Gasteiger charge is -2.26. The van der Waals surface area contributed by atoms with Crippen LogP contribution >= 0.6 is 0 Å². The van der Waals surface area contributed by atoms with E-state index >= 15 is 0 Å². The number of nitrogens with one attached hydrogen (secondary N) is 1. The molecular formula is C25H33N5O2. The van der Waals surface area contributed by atoms with Gasteiger partial charge in [-0.15, -0.1) is 0 Å². The van der Waals surface area contributed by atoms with Gasteiger partial charge in [0.2, 0.25) is 12.4 Å². The molecule has 3 aromatic rings. The molecule has 7 nitrogen and oxygen atoms in total. The molecule has 4 rings (SSSR count). The van der Waals surface area contributed by atoms with Crippen molar-refractivity contribution in [2.24, 2.45) is 5.73 Å². The number of rotatable bonds is 6. The number of likely N-dealkylation sites (tertiary alicyclic amines) is 1. The van der Waals surface area contributed by atoms with E-state index in [-0.39, 0.29) is 12.3 Å². The Morgan fingerprint density at radius 1 is 1.16 bits per heavy atom. The van der Waals surface area contributed by atoms with Gasteiger partial charge in [0.1, 0.15) is 0 Å². The zero-order chi connectivity index (χ0) is 22.9. The highest BCUT2D eigenvalue weighted by Gasteiger charge is 2.16. The summed E-state index contributed by atoms with van der Waals surface area (Å²) in [6, 6.07) is 14.1. The molecule has 32 heavy (non-hydrogen) atoms. The van der Waals surface area contributed by atoms with Crippen LogP contribution in [0.15, 0.2) is 42.5 Å². The number of hydrogen-bond acceptors (Lipinski definition) is 4. The monoisotopic (exact) mass is 435 g/mol. The van der Waals surface area contributed by atoms with E-state index in [1.165, 1.54) is 37.9 Å². The van der Waals surface area contributed by atoms with Crippen LogP contribution in [0.4, 0.5) is 5.95 Å². The maximum absolute atomic E-state index is 12.8. The fourth-order valence-corrected chi connectivity index (χ4v) is 4.15. The molecule has 0 atom stereocenters. The van der Waals surface area contributed by atoms with E-state index in [1.54, 1.807) is 0 Å². The number of piperidine rings is 1. The number of amides is 2. The molecule has 0 unspecified atom stereocenters. The van der Waals surface area contributed by atoms with Crippen molar-refractivity contribution in [1.29, 1.82) is 0 Å². The van der Waals surface area contributed by atoms with E-state index in [1.807, 2.05) is 31.2 Å². The summed E-state index contributed by atoms with van der Waals surface area (Å²) in [7, 11) is 0. The summed E-state index contributed by atoms with van der Waals surface area (Å²) in [5.41, 5.74) is 9.24. The van der Waals surface area contributed by atoms with Crippen molar-refractivity contribution in [1.82, 2.24) is 14.5 Å². The Kier molecular flexibility index (Phi) is 8.39. The van der Waals surface area contributed by atoms with Crippen LogP contribution in [0.2, 0.25) is 0 Å². The van der Waals surface area contributed by atoms with Gasteiger partial charge in [0.15, 0.2) is 0 Å². The Morgan fingerprint density at radius 3 is 2.59 bits per heavy atom. The molecule has 1 aliphatic heterocycles. The van der Waals surface area contributed by atoms with Crippen molar-refractivity contribution < 1.29 is 9.59 Å². The molecule has 1 aromatic heterocycles. The molecule has 3 N–H and O–H groups in total. The number of carbonyl (C=O) groups excluding carboxylic acids is 2. The van der Waals surface area contributed by atoms with Gasteiger partial charge in [-0.05, 0) is 69.1 Å². The number of nitrogens with two attached hydrogens (primary N) is 1. The number of aromatic nitrogens is 2. The highest BCUT2D eigenvalue weighted by atomic mass is 16.1. The molecule has 0 radical (unpaired) electrons. The highest BCUT2D eigenvalue weighted by Crippen LogP contribution is 2.24. The minimum Gasteiger partial charge on any atom is -0.372 e. The molecule has 2 aromatic carbocycles. The van der Waals surface area contributed by atoms with Crippen molar-refractivity contribution in [3.63, 3.8) is 0 Å². The van der Waals surface area contributed by atoms with Crippen molar-refractivity contribution >= 4 is 29.3 Å². The van der Waals surface area contributed by atoms with Crippen LogP contribution in [0.1, 0.15) is 54.1 Å². The Hall–Kier alpha value is -3.19. The number of primary amides is 1. The average Bonchev–Trinajstić information content (AvgIpc) is 3.12. The first-order chi connectivity index (χ1) is 15.5. The topological polar surface area (TPSA) is 93.2 Å². The molecule has 2 heterocycles. The molecule has 1 saturated heterocycles. The summed E-state index contributed by atoms with van der Waals surface area (Å²) in [5.74, 6) is 0.512. The lowest BCUT2D eigenvalue weighted by molar-refractivity contribution is -0.106. The summed E-state index contributed by atoms with van der Waals surface area (Å²) in [4.78, 5) is 28.6. The van der Waals surface area contributed by atoms with Gasteiger partial charge in [-0.25, -0.2) is 4.98 Å². The zero-order valence-corrected chi connectivity index (χ0v) is 19.0. The van der Waals surface area contributed by atoms with E-state index in [9.17, 15) is 4.79 Å². The maximum atomic E-state index is 12.8. The number of hydrogen-bond donors (Lipinski definition) is 2. The van der Waals surface area contributed by atoms with Gasteiger partial charge in [0, 0.05) is 18.7 Å². The molecule has 0 saturated carbocycles. The van der Waals surface area contributed by atoms with Gasteiger partial charge < -0.3 is 10.3 Å². The fraction of sp³-hybridized carbons (Fsp3) is 0.400. The van der Waals surface area contributed by atoms with E-state index in [0.29, 0.717) is 11.5 Å². The van der Waals surface area contributed by atoms with Crippen LogP contribution in [0, 0.1) is 6.92 Å². The van der Waals surface area contributed by atoms with Crippen LogP contribution in [-0.2, 0) is 17.9 Å². The van der Waals surface area contributed by atoms with E-state index in [4.69, 9.17) is 9.78 Å². The molecule has 0 aliphatic carbocycles. The van der Waals surface area contributed by atoms with Gasteiger partial charge in [-0.3, -0.25) is 19.8 Å². The first-order valence-electron chi connectivity index (χ1n) is 11.3. The minimum atomic E-state index is -0.116. The predicted molar refractivity (Wildman–Crippen MR) is 129 cm³/mol. The quantitative estimate of drug-likeness (QED) is 0.570. The summed E-state index contributed by atoms with van der Waals surface area (Å²) < 4.78 is 2.14. The molecule has 0 bridgehead atoms. The van der Waals surface area contributed by atoms with Gasteiger partial charge in [0.05, 0.1) is 11.0 Å². The summed E-state index contributed by atoms with van der Waals surface area (Å²) >= 11 is 0. The third-order valence-electron chi connectivity index (χ3n) is 5.62. The van der Waals surface area contributed by atoms with Crippen LogP contribution < -0.4 is 11.1 Å². The molecule has 0 spiro atoms. The Morgan fingerprint density at radius 2 is 1.91 bits per heavy atom. The number of fused-ring (bicyclic) bond motifs is 1. The van der Waals surface area contributed by atoms with E-state index < -0.39 is 0 Å². The van der Waals surface area contributed by atoms with Crippen LogP contribution in [0.3, 0.4) is 0 Å². The number of aryl methyl sites for hydroxylation is 2. The first-order valence-corrected chi connectivity index (χ1v) is 11.3. The molecule has 7 heteroatoms. The van der Waals surface area contributed by atoms with Gasteiger partial charge in [-0.1, -0.05) is 37.1 Å². The fourth-order valence-electron chi connectivity index (χ4n) is 4.15. The Bertz CT molecular complexity index is 1050. The third kappa shape index (κ3) is 5.95. The molecule has 170 valence electrons. The smallest absolute Gasteiger partial charge is 0.257 e. The largest absolute Gasteiger partial charge is 0.372 e. The second-order valence-electron chi connectivity index (χ2n) is 8.21. The average molecular weight is 436 g/mol. The zero-order valence-electron chi connectivity index (χ0n) is 19.0. The molecular weight excluding hydrogens is 402 g/mol. The Labute approximate surface area is 189 Å². The van der Waals surface area contributed by atoms with Crippen LogP contribution in [0.25, 0.3) is 11.0 Å². The number of imidazole rings is 1. The normalized spacial score (nSPS) is 13.9. The van der Waals surface area contributed by atoms with Crippen molar-refractivity contribution in [2.45, 2.75) is 52.6 Å². The maximum Gasteiger partial charge on any atom is 0.257 e. The highest BCUT2D eigenvalue weighted by molar-refractivity contribution is 6.04. The minimum absolute atomic E-state index is 0.116. The van der Waals surface area contributed by atoms with Gasteiger partial charge >= 0.3 is 0 Å². The first kappa shape index (κ1) is 23.5. The van der Waals surface area contributed by atoms with Gasteiger partial charge in [-0.2, -0.15) is 0 Å². The van der Waals surface area contributed by atoms with Gasteiger partial charge in [0.25, 0.3) is 5.91 Å². The number of benzene rings is 2. The lowest BCUT2D eigenvalue weighted by Crippen LogP contribution is -2.29. The summed E-state index contributed by atoms with van der Waals surface area (Å²) in [5, 5.41) is 3.03. The molecule has 1 aliphatic rings. The second-order valence-corrected chi connectivity index (χ2v) is 8.21. The number of nitrogens with zero attached hydrogens (tertiary/aromatic N) is 3. The molecule has 1 fully saturated rings. The summed E-state index contributed by atoms with van der Waals surface area (Å²) in [6.45, 7) is 8.32.